The molecule has 1 atom stereocenters. The predicted octanol–water partition coefficient (Wildman–Crippen LogP) is 5.21. The van der Waals surface area contributed by atoms with Crippen molar-refractivity contribution in [2.75, 3.05) is 23.3 Å². The second-order valence-electron chi connectivity index (χ2n) is 7.27. The van der Waals surface area contributed by atoms with Gasteiger partial charge in [0.15, 0.2) is 5.13 Å². The number of rotatable bonds is 3. The van der Waals surface area contributed by atoms with Gasteiger partial charge in [0.2, 0.25) is 5.91 Å². The second kappa shape index (κ2) is 7.35. The Morgan fingerprint density at radius 1 is 1.21 bits per heavy atom. The van der Waals surface area contributed by atoms with Gasteiger partial charge in [-0.15, -0.1) is 11.3 Å². The minimum absolute atomic E-state index is 0.00768. The number of amides is 1. The number of thiazole rings is 2. The van der Waals surface area contributed by atoms with Crippen LogP contribution in [-0.4, -0.2) is 29.0 Å². The summed E-state index contributed by atoms with van der Waals surface area (Å²) in [6.07, 6.45) is 1.74. The Kier molecular flexibility index (Phi) is 4.67. The fourth-order valence-corrected chi connectivity index (χ4v) is 5.59. The molecule has 1 amide bonds. The highest BCUT2D eigenvalue weighted by Gasteiger charge is 2.28. The van der Waals surface area contributed by atoms with E-state index >= 15 is 0 Å². The van der Waals surface area contributed by atoms with Crippen LogP contribution in [0.2, 0.25) is 0 Å². The van der Waals surface area contributed by atoms with Crippen molar-refractivity contribution >= 4 is 59.8 Å². The largest absolute Gasteiger partial charge is 0.347 e. The summed E-state index contributed by atoms with van der Waals surface area (Å²) >= 11 is 3.12. The van der Waals surface area contributed by atoms with Gasteiger partial charge in [0.1, 0.15) is 11.3 Å². The second-order valence-corrected chi connectivity index (χ2v) is 9.52. The third kappa shape index (κ3) is 3.58. The van der Waals surface area contributed by atoms with Gasteiger partial charge in [-0.1, -0.05) is 17.4 Å². The van der Waals surface area contributed by atoms with Crippen LogP contribution in [-0.2, 0) is 4.79 Å². The number of aryl methyl sites for hydroxylation is 1. The molecule has 5 nitrogen and oxygen atoms in total. The molecule has 1 fully saturated rings. The Morgan fingerprint density at radius 2 is 2.10 bits per heavy atom. The molecular weight excluding hydrogens is 407 g/mol. The van der Waals surface area contributed by atoms with Crippen LogP contribution < -0.4 is 10.2 Å². The summed E-state index contributed by atoms with van der Waals surface area (Å²) in [6.45, 7) is 3.40. The molecule has 1 N–H and O–H groups in total. The average molecular weight is 427 g/mol. The minimum Gasteiger partial charge on any atom is -0.347 e. The van der Waals surface area contributed by atoms with Gasteiger partial charge in [-0.05, 0) is 50.1 Å². The van der Waals surface area contributed by atoms with Crippen LogP contribution >= 0.6 is 22.7 Å². The normalized spacial score (nSPS) is 17.2. The molecule has 2 aromatic heterocycles. The van der Waals surface area contributed by atoms with Gasteiger partial charge in [0.05, 0.1) is 25.8 Å². The highest BCUT2D eigenvalue weighted by atomic mass is 32.1. The number of hydrogen-bond donors (Lipinski definition) is 1. The molecule has 1 aliphatic heterocycles. The number of nitrogens with one attached hydrogen (secondary N) is 1. The van der Waals surface area contributed by atoms with Crippen molar-refractivity contribution in [3.05, 3.63) is 47.2 Å². The van der Waals surface area contributed by atoms with Crippen LogP contribution in [0.4, 0.5) is 15.2 Å². The van der Waals surface area contributed by atoms with Crippen molar-refractivity contribution in [1.29, 1.82) is 0 Å². The number of carbonyl (C=O) groups excluding carboxylic acids is 1. The van der Waals surface area contributed by atoms with Crippen molar-refractivity contribution in [3.63, 3.8) is 0 Å². The van der Waals surface area contributed by atoms with Gasteiger partial charge in [-0.25, -0.2) is 14.4 Å². The van der Waals surface area contributed by atoms with Crippen molar-refractivity contribution in [3.8, 4) is 0 Å². The van der Waals surface area contributed by atoms with Crippen LogP contribution in [0.3, 0.4) is 0 Å². The van der Waals surface area contributed by atoms with Gasteiger partial charge in [-0.3, -0.25) is 4.79 Å². The number of piperidine rings is 1. The molecule has 2 aromatic carbocycles. The molecule has 8 heteroatoms. The van der Waals surface area contributed by atoms with Gasteiger partial charge in [0.25, 0.3) is 0 Å². The lowest BCUT2D eigenvalue weighted by Crippen LogP contribution is -2.40. The number of para-hydroxylation sites is 1. The molecular formula is C21H19FN4OS2. The maximum absolute atomic E-state index is 14.0. The Hall–Kier alpha value is -2.58. The molecule has 1 unspecified atom stereocenters. The van der Waals surface area contributed by atoms with E-state index in [2.05, 4.69) is 20.2 Å². The quantitative estimate of drug-likeness (QED) is 0.489. The van der Waals surface area contributed by atoms with E-state index in [9.17, 15) is 9.18 Å². The molecule has 0 spiro atoms. The molecule has 148 valence electrons. The molecule has 4 aromatic rings. The monoisotopic (exact) mass is 426 g/mol. The van der Waals surface area contributed by atoms with E-state index < -0.39 is 0 Å². The van der Waals surface area contributed by atoms with Crippen molar-refractivity contribution in [1.82, 2.24) is 9.97 Å². The van der Waals surface area contributed by atoms with Gasteiger partial charge in [0, 0.05) is 18.8 Å². The smallest absolute Gasteiger partial charge is 0.229 e. The Bertz CT molecular complexity index is 1220. The SMILES string of the molecule is Cc1nc2cc(NC(=O)C3CCCN(c4nc5c(F)cccc5s4)C3)ccc2s1. The highest BCUT2D eigenvalue weighted by Crippen LogP contribution is 2.33. The number of anilines is 2. The molecule has 5 rings (SSSR count). The molecule has 3 heterocycles. The van der Waals surface area contributed by atoms with Crippen LogP contribution in [0.25, 0.3) is 20.4 Å². The number of aromatic nitrogens is 2. The summed E-state index contributed by atoms with van der Waals surface area (Å²) in [6, 6.07) is 10.9. The summed E-state index contributed by atoms with van der Waals surface area (Å²) in [4.78, 5) is 24.0. The average Bonchev–Trinajstić information content (AvgIpc) is 3.31. The van der Waals surface area contributed by atoms with Crippen molar-refractivity contribution < 1.29 is 9.18 Å². The van der Waals surface area contributed by atoms with Crippen LogP contribution in [0, 0.1) is 18.7 Å². The van der Waals surface area contributed by atoms with E-state index in [0.717, 1.165) is 50.1 Å². The number of carbonyl (C=O) groups is 1. The predicted molar refractivity (Wildman–Crippen MR) is 118 cm³/mol. The maximum atomic E-state index is 14.0. The lowest BCUT2D eigenvalue weighted by molar-refractivity contribution is -0.120. The van der Waals surface area contributed by atoms with Crippen LogP contribution in [0.15, 0.2) is 36.4 Å². The summed E-state index contributed by atoms with van der Waals surface area (Å²) in [5.41, 5.74) is 2.09. The molecule has 1 aliphatic rings. The topological polar surface area (TPSA) is 58.1 Å². The first-order valence-electron chi connectivity index (χ1n) is 9.55. The minimum atomic E-state index is -0.302. The molecule has 0 bridgehead atoms. The molecule has 1 saturated heterocycles. The standard InChI is InChI=1S/C21H19FN4OS2/c1-12-23-16-10-14(7-8-17(16)28-12)24-20(27)13-4-3-9-26(11-13)21-25-19-15(22)5-2-6-18(19)29-21/h2,5-8,10,13H,3-4,9,11H2,1H3,(H,24,27). The molecule has 0 radical (unpaired) electrons. The number of hydrogen-bond acceptors (Lipinski definition) is 6. The Balaban J connectivity index is 1.32. The lowest BCUT2D eigenvalue weighted by Gasteiger charge is -2.31. The van der Waals surface area contributed by atoms with E-state index in [1.54, 1.807) is 17.4 Å². The number of fused-ring (bicyclic) bond motifs is 2. The molecule has 0 saturated carbocycles. The van der Waals surface area contributed by atoms with Crippen molar-refractivity contribution in [2.45, 2.75) is 19.8 Å². The fourth-order valence-electron chi connectivity index (χ4n) is 3.77. The third-order valence-corrected chi connectivity index (χ3v) is 7.22. The summed E-state index contributed by atoms with van der Waals surface area (Å²) in [5, 5.41) is 4.84. The van der Waals surface area contributed by atoms with E-state index in [4.69, 9.17) is 0 Å². The highest BCUT2D eigenvalue weighted by molar-refractivity contribution is 7.22. The summed E-state index contributed by atoms with van der Waals surface area (Å²) in [5.74, 6) is -0.425. The lowest BCUT2D eigenvalue weighted by atomic mass is 9.97. The zero-order valence-corrected chi connectivity index (χ0v) is 17.4. The van der Waals surface area contributed by atoms with Gasteiger partial charge in [-0.2, -0.15) is 0 Å². The van der Waals surface area contributed by atoms with E-state index in [1.807, 2.05) is 31.2 Å². The maximum Gasteiger partial charge on any atom is 0.229 e. The van der Waals surface area contributed by atoms with Crippen LogP contribution in [0.5, 0.6) is 0 Å². The van der Waals surface area contributed by atoms with E-state index in [1.165, 1.54) is 17.4 Å². The first-order valence-corrected chi connectivity index (χ1v) is 11.2. The van der Waals surface area contributed by atoms with Crippen LogP contribution in [0.1, 0.15) is 17.8 Å². The fraction of sp³-hybridized carbons (Fsp3) is 0.286. The Morgan fingerprint density at radius 3 is 2.97 bits per heavy atom. The number of nitrogens with zero attached hydrogens (tertiary/aromatic N) is 3. The Labute approximate surface area is 175 Å². The van der Waals surface area contributed by atoms with Gasteiger partial charge >= 0.3 is 0 Å². The van der Waals surface area contributed by atoms with E-state index in [0.29, 0.717) is 12.1 Å². The molecule has 0 aliphatic carbocycles. The van der Waals surface area contributed by atoms with Gasteiger partial charge < -0.3 is 10.2 Å². The summed E-state index contributed by atoms with van der Waals surface area (Å²) < 4.78 is 15.9. The number of benzene rings is 2. The summed E-state index contributed by atoms with van der Waals surface area (Å²) in [7, 11) is 0. The van der Waals surface area contributed by atoms with E-state index in [-0.39, 0.29) is 17.6 Å². The first-order chi connectivity index (χ1) is 14.1. The number of halogens is 1. The first kappa shape index (κ1) is 18.4. The third-order valence-electron chi connectivity index (χ3n) is 5.18. The molecule has 29 heavy (non-hydrogen) atoms. The van der Waals surface area contributed by atoms with Crippen molar-refractivity contribution in [2.24, 2.45) is 5.92 Å². The zero-order valence-electron chi connectivity index (χ0n) is 15.8. The zero-order chi connectivity index (χ0) is 20.0.